The number of nitro benzene ring substituents is 2. The molecule has 0 bridgehead atoms. The van der Waals surface area contributed by atoms with Crippen molar-refractivity contribution in [3.63, 3.8) is 0 Å². The molecule has 0 amide bonds. The van der Waals surface area contributed by atoms with Gasteiger partial charge in [0.25, 0.3) is 5.69 Å². The Morgan fingerprint density at radius 3 is 2.13 bits per heavy atom. The zero-order chi connectivity index (χ0) is 22.6. The largest absolute Gasteiger partial charge is 0.416 e. The summed E-state index contributed by atoms with van der Waals surface area (Å²) in [4.78, 5) is 20.6. The lowest BCUT2D eigenvalue weighted by atomic mass is 10.0. The molecule has 0 radical (unpaired) electrons. The third kappa shape index (κ3) is 5.01. The molecule has 1 N–H and O–H groups in total. The molecule has 11 heteroatoms. The molecular weight excluding hydrogens is 417 g/mol. The smallest absolute Gasteiger partial charge is 0.271 e. The molecule has 0 unspecified atom stereocenters. The van der Waals surface area contributed by atoms with E-state index in [0.717, 1.165) is 30.3 Å². The van der Waals surface area contributed by atoms with Gasteiger partial charge in [-0.25, -0.2) is 0 Å². The Kier molecular flexibility index (Phi) is 5.95. The van der Waals surface area contributed by atoms with Crippen LogP contribution in [0.1, 0.15) is 16.7 Å². The second-order valence-corrected chi connectivity index (χ2v) is 6.23. The second-order valence-electron chi connectivity index (χ2n) is 6.23. The van der Waals surface area contributed by atoms with Gasteiger partial charge in [0.15, 0.2) is 0 Å². The Labute approximate surface area is 172 Å². The number of benzene rings is 3. The number of alkyl halides is 3. The van der Waals surface area contributed by atoms with Crippen molar-refractivity contribution >= 4 is 22.8 Å². The zero-order valence-corrected chi connectivity index (χ0v) is 15.5. The maximum Gasteiger partial charge on any atom is 0.416 e. The number of anilines is 1. The average molecular weight is 430 g/mol. The van der Waals surface area contributed by atoms with Crippen molar-refractivity contribution in [1.29, 1.82) is 0 Å². The van der Waals surface area contributed by atoms with Crippen LogP contribution in [0.5, 0.6) is 0 Å². The third-order valence-corrected chi connectivity index (χ3v) is 4.19. The van der Waals surface area contributed by atoms with Gasteiger partial charge in [-0.15, -0.1) is 0 Å². The Morgan fingerprint density at radius 2 is 1.52 bits per heavy atom. The highest BCUT2D eigenvalue weighted by molar-refractivity contribution is 6.13. The molecule has 31 heavy (non-hydrogen) atoms. The molecule has 0 saturated heterocycles. The summed E-state index contributed by atoms with van der Waals surface area (Å²) < 4.78 is 39.4. The lowest BCUT2D eigenvalue weighted by molar-refractivity contribution is -0.393. The Bertz CT molecular complexity index is 1160. The lowest BCUT2D eigenvalue weighted by Gasteiger charge is -2.12. The molecule has 0 heterocycles. The molecule has 0 aliphatic heterocycles. The van der Waals surface area contributed by atoms with E-state index in [0.29, 0.717) is 5.56 Å². The Morgan fingerprint density at radius 1 is 0.839 bits per heavy atom. The van der Waals surface area contributed by atoms with Crippen molar-refractivity contribution in [2.75, 3.05) is 5.43 Å². The SMILES string of the molecule is O=[N+]([O-])c1ccc(N/N=C(\c2ccccc2)c2cccc(C(F)(F)F)c2)c([N+](=O)[O-])c1. The molecule has 0 fully saturated rings. The average Bonchev–Trinajstić information content (AvgIpc) is 2.74. The van der Waals surface area contributed by atoms with Crippen molar-refractivity contribution in [1.82, 2.24) is 0 Å². The summed E-state index contributed by atoms with van der Waals surface area (Å²) in [5.41, 5.74) is 1.01. The number of nitro groups is 2. The summed E-state index contributed by atoms with van der Waals surface area (Å²) in [6.07, 6.45) is -4.57. The predicted molar refractivity (Wildman–Crippen MR) is 107 cm³/mol. The molecule has 3 rings (SSSR count). The molecule has 3 aromatic rings. The normalized spacial score (nSPS) is 11.8. The molecule has 0 saturated carbocycles. The van der Waals surface area contributed by atoms with Crippen LogP contribution in [0.2, 0.25) is 0 Å². The first-order chi connectivity index (χ1) is 14.7. The number of hydrogen-bond donors (Lipinski definition) is 1. The maximum atomic E-state index is 13.1. The number of hydrogen-bond acceptors (Lipinski definition) is 6. The van der Waals surface area contributed by atoms with Crippen LogP contribution in [0.4, 0.5) is 30.2 Å². The molecule has 8 nitrogen and oxygen atoms in total. The van der Waals surface area contributed by atoms with Crippen molar-refractivity contribution in [3.8, 4) is 0 Å². The van der Waals surface area contributed by atoms with Gasteiger partial charge in [0.1, 0.15) is 5.69 Å². The fourth-order valence-corrected chi connectivity index (χ4v) is 2.73. The van der Waals surface area contributed by atoms with E-state index in [2.05, 4.69) is 10.5 Å². The van der Waals surface area contributed by atoms with Crippen LogP contribution < -0.4 is 5.43 Å². The van der Waals surface area contributed by atoms with Gasteiger partial charge in [0, 0.05) is 17.2 Å². The fourth-order valence-electron chi connectivity index (χ4n) is 2.73. The summed E-state index contributed by atoms with van der Waals surface area (Å²) >= 11 is 0. The first-order valence-electron chi connectivity index (χ1n) is 8.66. The summed E-state index contributed by atoms with van der Waals surface area (Å²) in [5.74, 6) is 0. The van der Waals surface area contributed by atoms with Crippen molar-refractivity contribution in [3.05, 3.63) is 110 Å². The monoisotopic (exact) mass is 430 g/mol. The van der Waals surface area contributed by atoms with E-state index in [4.69, 9.17) is 0 Å². The second kappa shape index (κ2) is 8.61. The van der Waals surface area contributed by atoms with Crippen LogP contribution in [0.15, 0.2) is 77.9 Å². The summed E-state index contributed by atoms with van der Waals surface area (Å²) in [6.45, 7) is 0. The van der Waals surface area contributed by atoms with Crippen LogP contribution in [0, 0.1) is 20.2 Å². The van der Waals surface area contributed by atoms with Crippen LogP contribution in [0.3, 0.4) is 0 Å². The Hall–Kier alpha value is -4.28. The van der Waals surface area contributed by atoms with Gasteiger partial charge in [-0.05, 0) is 18.2 Å². The first kappa shape index (κ1) is 21.4. The van der Waals surface area contributed by atoms with Gasteiger partial charge in [-0.3, -0.25) is 25.7 Å². The molecular formula is C20H13F3N4O4. The summed E-state index contributed by atoms with van der Waals surface area (Å²) in [5, 5.41) is 26.3. The summed E-state index contributed by atoms with van der Waals surface area (Å²) in [7, 11) is 0. The van der Waals surface area contributed by atoms with E-state index >= 15 is 0 Å². The summed E-state index contributed by atoms with van der Waals surface area (Å²) in [6, 6.07) is 15.7. The molecule has 158 valence electrons. The van der Waals surface area contributed by atoms with Crippen molar-refractivity contribution in [2.24, 2.45) is 5.10 Å². The lowest BCUT2D eigenvalue weighted by Crippen LogP contribution is -2.10. The topological polar surface area (TPSA) is 111 Å². The number of non-ortho nitro benzene ring substituents is 1. The molecule has 0 aliphatic carbocycles. The van der Waals surface area contributed by atoms with Gasteiger partial charge >= 0.3 is 11.9 Å². The van der Waals surface area contributed by atoms with Gasteiger partial charge in [0.05, 0.1) is 27.2 Å². The molecule has 0 aliphatic rings. The van der Waals surface area contributed by atoms with Gasteiger partial charge in [-0.2, -0.15) is 18.3 Å². The van der Waals surface area contributed by atoms with Gasteiger partial charge in [0.2, 0.25) is 0 Å². The minimum Gasteiger partial charge on any atom is -0.271 e. The van der Waals surface area contributed by atoms with E-state index < -0.39 is 33.0 Å². The molecule has 0 atom stereocenters. The standard InChI is InChI=1S/C20H13F3N4O4/c21-20(22,23)15-8-4-7-14(11-15)19(13-5-2-1-3-6-13)25-24-17-10-9-16(26(28)29)12-18(17)27(30)31/h1-12,24H/b25-19+. The fraction of sp³-hybridized carbons (Fsp3) is 0.0500. The predicted octanol–water partition coefficient (Wildman–Crippen LogP) is 5.39. The Balaban J connectivity index is 2.09. The van der Waals surface area contributed by atoms with Crippen LogP contribution in [-0.4, -0.2) is 15.6 Å². The highest BCUT2D eigenvalue weighted by atomic mass is 19.4. The number of nitrogens with zero attached hydrogens (tertiary/aromatic N) is 3. The minimum atomic E-state index is -4.57. The van der Waals surface area contributed by atoms with Crippen molar-refractivity contribution < 1.29 is 23.0 Å². The minimum absolute atomic E-state index is 0.0966. The molecule has 3 aromatic carbocycles. The highest BCUT2D eigenvalue weighted by Crippen LogP contribution is 2.31. The van der Waals surface area contributed by atoms with E-state index in [1.54, 1.807) is 30.3 Å². The van der Waals surface area contributed by atoms with Gasteiger partial charge < -0.3 is 0 Å². The van der Waals surface area contributed by atoms with E-state index in [9.17, 15) is 33.4 Å². The van der Waals surface area contributed by atoms with Gasteiger partial charge in [-0.1, -0.05) is 42.5 Å². The van der Waals surface area contributed by atoms with E-state index in [1.807, 2.05) is 0 Å². The quantitative estimate of drug-likeness (QED) is 0.320. The van der Waals surface area contributed by atoms with E-state index in [-0.39, 0.29) is 17.0 Å². The third-order valence-electron chi connectivity index (χ3n) is 4.19. The highest BCUT2D eigenvalue weighted by Gasteiger charge is 2.30. The number of halogens is 3. The molecule has 0 aromatic heterocycles. The van der Waals surface area contributed by atoms with Crippen LogP contribution in [0.25, 0.3) is 0 Å². The number of nitrogens with one attached hydrogen (secondary N) is 1. The number of rotatable bonds is 6. The van der Waals surface area contributed by atoms with Crippen LogP contribution >= 0.6 is 0 Å². The van der Waals surface area contributed by atoms with Crippen molar-refractivity contribution in [2.45, 2.75) is 6.18 Å². The van der Waals surface area contributed by atoms with Crippen LogP contribution in [-0.2, 0) is 6.18 Å². The maximum absolute atomic E-state index is 13.1. The molecule has 0 spiro atoms. The zero-order valence-electron chi connectivity index (χ0n) is 15.5. The number of hydrazone groups is 1. The first-order valence-corrected chi connectivity index (χ1v) is 8.66. The van der Waals surface area contributed by atoms with E-state index in [1.165, 1.54) is 12.1 Å².